The van der Waals surface area contributed by atoms with Crippen LogP contribution in [0.3, 0.4) is 0 Å². The van der Waals surface area contributed by atoms with Crippen LogP contribution in [0.1, 0.15) is 23.2 Å². The molecule has 0 aliphatic carbocycles. The fourth-order valence-corrected chi connectivity index (χ4v) is 3.72. The van der Waals surface area contributed by atoms with Crippen LogP contribution in [0.15, 0.2) is 30.4 Å². The van der Waals surface area contributed by atoms with Crippen LogP contribution in [-0.4, -0.2) is 78.9 Å². The predicted octanol–water partition coefficient (Wildman–Crippen LogP) is 0.949. The summed E-state index contributed by atoms with van der Waals surface area (Å²) in [5.74, 6) is -1.83. The van der Waals surface area contributed by atoms with Gasteiger partial charge in [0.15, 0.2) is 0 Å². The van der Waals surface area contributed by atoms with Crippen LogP contribution in [0.5, 0.6) is 11.5 Å². The van der Waals surface area contributed by atoms with E-state index in [1.165, 1.54) is 14.2 Å². The number of ether oxygens (including phenoxy) is 2. The molecule has 0 radical (unpaired) electrons. The summed E-state index contributed by atoms with van der Waals surface area (Å²) in [7, 11) is 2.94. The number of aliphatic carboxylic acids is 2. The Labute approximate surface area is 185 Å². The molecule has 1 unspecified atom stereocenters. The first kappa shape index (κ1) is 24.7. The Kier molecular flexibility index (Phi) is 9.02. The molecule has 0 saturated carbocycles. The van der Waals surface area contributed by atoms with E-state index in [9.17, 15) is 19.2 Å². The van der Waals surface area contributed by atoms with Crippen LogP contribution in [-0.2, 0) is 9.59 Å². The summed E-state index contributed by atoms with van der Waals surface area (Å²) < 4.78 is 10.4. The van der Waals surface area contributed by atoms with Gasteiger partial charge in [0, 0.05) is 24.7 Å². The smallest absolute Gasteiger partial charge is 0.328 e. The molecule has 3 fully saturated rings. The fourth-order valence-electron chi connectivity index (χ4n) is 3.72. The van der Waals surface area contributed by atoms with Gasteiger partial charge in [-0.2, -0.15) is 0 Å². The number of nitrogens with zero attached hydrogens (tertiary/aromatic N) is 1. The molecule has 11 nitrogen and oxygen atoms in total. The van der Waals surface area contributed by atoms with Crippen molar-refractivity contribution in [1.82, 2.24) is 15.5 Å². The summed E-state index contributed by atoms with van der Waals surface area (Å²) in [6.45, 7) is 3.05. The summed E-state index contributed by atoms with van der Waals surface area (Å²) in [5.41, 5.74) is 0.214. The van der Waals surface area contributed by atoms with E-state index in [2.05, 4.69) is 15.5 Å². The van der Waals surface area contributed by atoms with E-state index in [-0.39, 0.29) is 11.6 Å². The fraction of sp³-hybridized carbons (Fsp3) is 0.429. The van der Waals surface area contributed by atoms with Gasteiger partial charge in [-0.05, 0) is 44.0 Å². The van der Waals surface area contributed by atoms with E-state index in [0.717, 1.165) is 32.5 Å². The maximum atomic E-state index is 12.5. The Morgan fingerprint density at radius 2 is 1.53 bits per heavy atom. The van der Waals surface area contributed by atoms with Gasteiger partial charge >= 0.3 is 18.0 Å². The monoisotopic (exact) mass is 449 g/mol. The Hall–Kier alpha value is -3.60. The minimum atomic E-state index is -1.26. The van der Waals surface area contributed by atoms with E-state index >= 15 is 0 Å². The van der Waals surface area contributed by atoms with Gasteiger partial charge in [0.25, 0.3) is 5.91 Å². The Morgan fingerprint density at radius 3 is 1.94 bits per heavy atom. The molecule has 3 heterocycles. The van der Waals surface area contributed by atoms with Crippen molar-refractivity contribution in [2.45, 2.75) is 18.9 Å². The van der Waals surface area contributed by atoms with Gasteiger partial charge in [-0.15, -0.1) is 0 Å². The predicted molar refractivity (Wildman–Crippen MR) is 113 cm³/mol. The SMILES string of the molecule is COc1cccc(OC)c1C(=O)NC(=O)NC1CN2CCC1CC2.O=C(O)/C=C/C(=O)O. The summed E-state index contributed by atoms with van der Waals surface area (Å²) in [5, 5.41) is 20.9. The molecule has 3 aliphatic heterocycles. The van der Waals surface area contributed by atoms with Crippen molar-refractivity contribution in [2.75, 3.05) is 33.9 Å². The zero-order valence-corrected chi connectivity index (χ0v) is 17.9. The summed E-state index contributed by atoms with van der Waals surface area (Å²) in [4.78, 5) is 46.2. The molecule has 3 aliphatic rings. The molecule has 174 valence electrons. The number of carboxylic acids is 2. The second kappa shape index (κ2) is 11.7. The number of imide groups is 1. The zero-order chi connectivity index (χ0) is 23.7. The Balaban J connectivity index is 0.000000390. The highest BCUT2D eigenvalue weighted by Gasteiger charge is 2.35. The zero-order valence-electron chi connectivity index (χ0n) is 17.9. The molecule has 32 heavy (non-hydrogen) atoms. The Morgan fingerprint density at radius 1 is 1.00 bits per heavy atom. The number of hydrogen-bond acceptors (Lipinski definition) is 7. The molecular formula is C21H27N3O8. The number of carbonyl (C=O) groups is 4. The number of fused-ring (bicyclic) bond motifs is 3. The van der Waals surface area contributed by atoms with Crippen LogP contribution in [0.4, 0.5) is 4.79 Å². The first-order valence-corrected chi connectivity index (χ1v) is 9.94. The second-order valence-corrected chi connectivity index (χ2v) is 7.22. The number of benzene rings is 1. The van der Waals surface area contributed by atoms with Crippen LogP contribution in [0.25, 0.3) is 0 Å². The highest BCUT2D eigenvalue weighted by Crippen LogP contribution is 2.29. The van der Waals surface area contributed by atoms with Crippen molar-refractivity contribution in [3.05, 3.63) is 35.9 Å². The van der Waals surface area contributed by atoms with E-state index in [1.807, 2.05) is 0 Å². The first-order chi connectivity index (χ1) is 15.2. The van der Waals surface area contributed by atoms with E-state index in [0.29, 0.717) is 29.6 Å². The summed E-state index contributed by atoms with van der Waals surface area (Å²) in [6.07, 6.45) is 3.31. The largest absolute Gasteiger partial charge is 0.496 e. The van der Waals surface area contributed by atoms with Crippen molar-refractivity contribution in [2.24, 2.45) is 5.92 Å². The third kappa shape index (κ3) is 6.98. The lowest BCUT2D eigenvalue weighted by atomic mass is 9.84. The topological polar surface area (TPSA) is 154 Å². The van der Waals surface area contributed by atoms with Crippen molar-refractivity contribution < 1.29 is 38.9 Å². The van der Waals surface area contributed by atoms with Crippen molar-refractivity contribution in [1.29, 1.82) is 0 Å². The van der Waals surface area contributed by atoms with E-state index in [4.69, 9.17) is 19.7 Å². The van der Waals surface area contributed by atoms with E-state index in [1.54, 1.807) is 18.2 Å². The lowest BCUT2D eigenvalue weighted by molar-refractivity contribution is -0.134. The minimum Gasteiger partial charge on any atom is -0.496 e. The maximum Gasteiger partial charge on any atom is 0.328 e. The van der Waals surface area contributed by atoms with Crippen LogP contribution >= 0.6 is 0 Å². The number of methoxy groups -OCH3 is 2. The second-order valence-electron chi connectivity index (χ2n) is 7.22. The minimum absolute atomic E-state index is 0.0971. The van der Waals surface area contributed by atoms with Crippen molar-refractivity contribution in [3.8, 4) is 11.5 Å². The average Bonchev–Trinajstić information content (AvgIpc) is 2.78. The highest BCUT2D eigenvalue weighted by atomic mass is 16.5. The normalized spacial score (nSPS) is 21.1. The lowest BCUT2D eigenvalue weighted by Gasteiger charge is -2.44. The molecule has 1 aromatic carbocycles. The summed E-state index contributed by atoms with van der Waals surface area (Å²) >= 11 is 0. The average molecular weight is 449 g/mol. The molecule has 3 saturated heterocycles. The van der Waals surface area contributed by atoms with Gasteiger partial charge in [0.05, 0.1) is 14.2 Å². The van der Waals surface area contributed by atoms with Gasteiger partial charge < -0.3 is 29.9 Å². The van der Waals surface area contributed by atoms with Crippen LogP contribution in [0, 0.1) is 5.92 Å². The molecule has 1 aromatic rings. The standard InChI is InChI=1S/C17H23N3O4.C4H4O4/c1-23-13-4-3-5-14(24-2)15(13)16(21)19-17(22)18-12-10-20-8-6-11(12)7-9-20;5-3(6)1-2-4(7)8/h3-5,11-12H,6-10H2,1-2H3,(H2,18,19,21,22);1-2H,(H,5,6)(H,7,8)/b;2-1+. The number of carbonyl (C=O) groups excluding carboxylic acids is 2. The molecule has 11 heteroatoms. The third-order valence-electron chi connectivity index (χ3n) is 5.22. The van der Waals surface area contributed by atoms with Gasteiger partial charge in [-0.3, -0.25) is 10.1 Å². The number of rotatable bonds is 6. The number of piperidine rings is 3. The molecular weight excluding hydrogens is 422 g/mol. The Bertz CT molecular complexity index is 840. The third-order valence-corrected chi connectivity index (χ3v) is 5.22. The van der Waals surface area contributed by atoms with Gasteiger partial charge in [-0.25, -0.2) is 14.4 Å². The number of nitrogens with one attached hydrogen (secondary N) is 2. The number of amides is 3. The number of urea groups is 1. The van der Waals surface area contributed by atoms with E-state index < -0.39 is 23.9 Å². The van der Waals surface area contributed by atoms with Crippen molar-refractivity contribution in [3.63, 3.8) is 0 Å². The van der Waals surface area contributed by atoms with Gasteiger partial charge in [-0.1, -0.05) is 6.07 Å². The lowest BCUT2D eigenvalue weighted by Crippen LogP contribution is -2.59. The van der Waals surface area contributed by atoms with Gasteiger partial charge in [0.2, 0.25) is 0 Å². The molecule has 3 amide bonds. The first-order valence-electron chi connectivity index (χ1n) is 9.94. The molecule has 4 N–H and O–H groups in total. The molecule has 0 spiro atoms. The summed E-state index contributed by atoms with van der Waals surface area (Å²) in [6, 6.07) is 4.65. The van der Waals surface area contributed by atoms with Gasteiger partial charge in [0.1, 0.15) is 17.1 Å². The van der Waals surface area contributed by atoms with Crippen LogP contribution < -0.4 is 20.1 Å². The molecule has 0 aromatic heterocycles. The van der Waals surface area contributed by atoms with Crippen molar-refractivity contribution >= 4 is 23.9 Å². The molecule has 1 atom stereocenters. The van der Waals surface area contributed by atoms with Crippen LogP contribution in [0.2, 0.25) is 0 Å². The molecule has 4 rings (SSSR count). The molecule has 2 bridgehead atoms. The maximum absolute atomic E-state index is 12.5. The number of carboxylic acid groups (broad SMARTS) is 2. The number of hydrogen-bond donors (Lipinski definition) is 4. The highest BCUT2D eigenvalue weighted by molar-refractivity contribution is 6.07. The quantitative estimate of drug-likeness (QED) is 0.465.